The van der Waals surface area contributed by atoms with E-state index in [-0.39, 0.29) is 47.3 Å². The quantitative estimate of drug-likeness (QED) is 0.584. The summed E-state index contributed by atoms with van der Waals surface area (Å²) in [6.45, 7) is 3.65. The summed E-state index contributed by atoms with van der Waals surface area (Å²) in [4.78, 5) is 50.3. The maximum absolute atomic E-state index is 13.7. The zero-order chi connectivity index (χ0) is 25.2. The van der Waals surface area contributed by atoms with Gasteiger partial charge in [-0.1, -0.05) is 19.4 Å². The van der Waals surface area contributed by atoms with Gasteiger partial charge >= 0.3 is 12.1 Å². The average molecular weight is 489 g/mol. The first kappa shape index (κ1) is 24.5. The summed E-state index contributed by atoms with van der Waals surface area (Å²) in [7, 11) is 1.20. The largest absolute Gasteiger partial charge is 0.509 e. The minimum atomic E-state index is -1.53. The number of allylic oxidation sites excluding steroid dienone is 1. The molecule has 0 aromatic heterocycles. The summed E-state index contributed by atoms with van der Waals surface area (Å²) >= 11 is 0. The molecule has 0 amide bonds. The van der Waals surface area contributed by atoms with Gasteiger partial charge in [0.15, 0.2) is 18.0 Å². The predicted molar refractivity (Wildman–Crippen MR) is 123 cm³/mol. The third kappa shape index (κ3) is 3.66. The fourth-order valence-corrected chi connectivity index (χ4v) is 8.23. The summed E-state index contributed by atoms with van der Waals surface area (Å²) in [5.74, 6) is -0.672. The number of rotatable bonds is 5. The Bertz CT molecular complexity index is 982. The molecule has 5 aliphatic carbocycles. The Morgan fingerprint density at radius 2 is 1.83 bits per heavy atom. The number of ether oxygens (including phenoxy) is 3. The molecule has 192 valence electrons. The first-order valence-electron chi connectivity index (χ1n) is 12.9. The fraction of sp³-hybridized carbons (Fsp3) is 0.778. The number of hydrogen-bond donors (Lipinski definition) is 1. The molecule has 0 aromatic rings. The first-order chi connectivity index (χ1) is 16.6. The summed E-state index contributed by atoms with van der Waals surface area (Å²) in [6, 6.07) is 0. The van der Waals surface area contributed by atoms with Gasteiger partial charge in [-0.3, -0.25) is 14.4 Å². The smallest absolute Gasteiger partial charge is 0.457 e. The van der Waals surface area contributed by atoms with Gasteiger partial charge in [0.1, 0.15) is 0 Å². The number of carbonyl (C=O) groups excluding carboxylic acids is 4. The van der Waals surface area contributed by atoms with Crippen LogP contribution in [0.3, 0.4) is 0 Å². The van der Waals surface area contributed by atoms with E-state index in [9.17, 15) is 24.3 Å². The highest BCUT2D eigenvalue weighted by Crippen LogP contribution is 2.68. The number of fused-ring (bicyclic) bond motifs is 5. The van der Waals surface area contributed by atoms with Gasteiger partial charge in [0.05, 0.1) is 19.1 Å². The molecule has 0 saturated heterocycles. The number of methoxy groups -OCH3 is 1. The molecule has 0 radical (unpaired) electrons. The first-order valence-corrected chi connectivity index (χ1v) is 12.9. The molecule has 8 nitrogen and oxygen atoms in total. The Labute approximate surface area is 205 Å². The van der Waals surface area contributed by atoms with E-state index < -0.39 is 35.7 Å². The SMILES string of the molecule is COC(=O)O[C@]1(C(=O)COC(=O)C2CC2)CC[C@H]2[C@@H]3CCC4=CC(=O)CC[C@]4(C)[C@H]3[C@@H](O)C[C@@]21C. The van der Waals surface area contributed by atoms with Crippen LogP contribution in [0.25, 0.3) is 0 Å². The van der Waals surface area contributed by atoms with Crippen molar-refractivity contribution >= 4 is 23.7 Å². The topological polar surface area (TPSA) is 116 Å². The lowest BCUT2D eigenvalue weighted by Crippen LogP contribution is -2.63. The summed E-state index contributed by atoms with van der Waals surface area (Å²) < 4.78 is 15.9. The van der Waals surface area contributed by atoms with Crippen molar-refractivity contribution in [1.29, 1.82) is 0 Å². The average Bonchev–Trinajstić information content (AvgIpc) is 3.62. The molecule has 0 aliphatic heterocycles. The number of hydrogen-bond acceptors (Lipinski definition) is 8. The van der Waals surface area contributed by atoms with Crippen LogP contribution in [0, 0.1) is 34.5 Å². The molecular weight excluding hydrogens is 452 g/mol. The number of aliphatic hydroxyl groups is 1. The summed E-state index contributed by atoms with van der Waals surface area (Å²) in [6.07, 6.45) is 5.73. The van der Waals surface area contributed by atoms with Gasteiger partial charge in [0.2, 0.25) is 5.78 Å². The molecule has 0 heterocycles. The zero-order valence-corrected chi connectivity index (χ0v) is 20.8. The molecule has 0 bridgehead atoms. The highest BCUT2D eigenvalue weighted by Gasteiger charge is 2.70. The molecular formula is C27H36O8. The van der Waals surface area contributed by atoms with Crippen molar-refractivity contribution in [1.82, 2.24) is 0 Å². The number of carbonyl (C=O) groups is 4. The predicted octanol–water partition coefficient (Wildman–Crippen LogP) is 3.53. The zero-order valence-electron chi connectivity index (χ0n) is 20.8. The van der Waals surface area contributed by atoms with E-state index in [1.54, 1.807) is 6.08 Å². The van der Waals surface area contributed by atoms with Crippen molar-refractivity contribution in [3.63, 3.8) is 0 Å². The molecule has 1 N–H and O–H groups in total. The summed E-state index contributed by atoms with van der Waals surface area (Å²) in [5, 5.41) is 11.6. The third-order valence-corrected chi connectivity index (χ3v) is 10.1. The molecule has 5 aliphatic rings. The normalized spacial score (nSPS) is 42.2. The highest BCUT2D eigenvalue weighted by molar-refractivity contribution is 5.93. The van der Waals surface area contributed by atoms with Crippen LogP contribution < -0.4 is 0 Å². The van der Waals surface area contributed by atoms with Crippen molar-refractivity contribution in [2.24, 2.45) is 34.5 Å². The van der Waals surface area contributed by atoms with Gasteiger partial charge in [0.25, 0.3) is 0 Å². The minimum Gasteiger partial charge on any atom is -0.457 e. The Hall–Kier alpha value is -2.22. The van der Waals surface area contributed by atoms with Gasteiger partial charge in [0, 0.05) is 11.8 Å². The van der Waals surface area contributed by atoms with E-state index in [0.29, 0.717) is 19.3 Å². The van der Waals surface area contributed by atoms with Gasteiger partial charge in [-0.2, -0.15) is 0 Å². The van der Waals surface area contributed by atoms with Crippen molar-refractivity contribution < 1.29 is 38.5 Å². The van der Waals surface area contributed by atoms with Crippen molar-refractivity contribution in [2.45, 2.75) is 83.3 Å². The van der Waals surface area contributed by atoms with Gasteiger partial charge in [-0.05, 0) is 80.6 Å². The molecule has 4 saturated carbocycles. The maximum atomic E-state index is 13.7. The van der Waals surface area contributed by atoms with Crippen LogP contribution in [0.4, 0.5) is 4.79 Å². The number of esters is 1. The lowest BCUT2D eigenvalue weighted by atomic mass is 9.45. The number of Topliss-reactive ketones (excluding diaryl/α,β-unsaturated/α-hetero) is 1. The fourth-order valence-electron chi connectivity index (χ4n) is 8.23. The molecule has 0 aromatic carbocycles. The number of aliphatic hydroxyl groups excluding tert-OH is 1. The van der Waals surface area contributed by atoms with Crippen LogP contribution in [-0.2, 0) is 28.6 Å². The van der Waals surface area contributed by atoms with E-state index in [1.165, 1.54) is 7.11 Å². The minimum absolute atomic E-state index is 0.0228. The van der Waals surface area contributed by atoms with Gasteiger partial charge in [-0.25, -0.2) is 4.79 Å². The third-order valence-electron chi connectivity index (χ3n) is 10.1. The molecule has 7 atom stereocenters. The Balaban J connectivity index is 1.47. The van der Waals surface area contributed by atoms with Gasteiger partial charge in [-0.15, -0.1) is 0 Å². The van der Waals surface area contributed by atoms with Crippen molar-refractivity contribution in [2.75, 3.05) is 13.7 Å². The van der Waals surface area contributed by atoms with Crippen LogP contribution in [0.5, 0.6) is 0 Å². The van der Waals surface area contributed by atoms with Crippen LogP contribution in [-0.4, -0.2) is 54.2 Å². The summed E-state index contributed by atoms with van der Waals surface area (Å²) in [5.41, 5.74) is -1.47. The second-order valence-electron chi connectivity index (χ2n) is 11.8. The van der Waals surface area contributed by atoms with E-state index in [1.807, 2.05) is 6.92 Å². The molecule has 35 heavy (non-hydrogen) atoms. The van der Waals surface area contributed by atoms with E-state index in [4.69, 9.17) is 14.2 Å². The number of ketones is 2. The van der Waals surface area contributed by atoms with Crippen LogP contribution in [0.2, 0.25) is 0 Å². The van der Waals surface area contributed by atoms with E-state index >= 15 is 0 Å². The standard InChI is InChI=1S/C27H36O8/c1-25-10-8-17(28)12-16(25)6-7-18-19-9-11-27(35-24(32)33-3,26(19,2)13-20(29)22(18)25)21(30)14-34-23(31)15-4-5-15/h12,15,18-20,22,29H,4-11,13-14H2,1-3H3/t18-,19-,20-,22+,25-,26-,27-/m0/s1. The van der Waals surface area contributed by atoms with Crippen molar-refractivity contribution in [3.8, 4) is 0 Å². The van der Waals surface area contributed by atoms with Crippen molar-refractivity contribution in [3.05, 3.63) is 11.6 Å². The van der Waals surface area contributed by atoms with Crippen LogP contribution in [0.1, 0.15) is 71.6 Å². The Morgan fingerprint density at radius 1 is 1.09 bits per heavy atom. The second kappa shape index (κ2) is 8.43. The lowest BCUT2D eigenvalue weighted by molar-refractivity contribution is -0.188. The molecule has 4 fully saturated rings. The molecule has 5 rings (SSSR count). The van der Waals surface area contributed by atoms with Crippen LogP contribution >= 0.6 is 0 Å². The van der Waals surface area contributed by atoms with Gasteiger partial charge < -0.3 is 19.3 Å². The second-order valence-corrected chi connectivity index (χ2v) is 11.8. The van der Waals surface area contributed by atoms with E-state index in [0.717, 1.165) is 37.7 Å². The molecule has 0 spiro atoms. The Morgan fingerprint density at radius 3 is 2.51 bits per heavy atom. The molecule has 0 unspecified atom stereocenters. The maximum Gasteiger partial charge on any atom is 0.509 e. The highest BCUT2D eigenvalue weighted by atomic mass is 16.7. The monoisotopic (exact) mass is 488 g/mol. The lowest BCUT2D eigenvalue weighted by Gasteiger charge is -2.60. The van der Waals surface area contributed by atoms with Crippen LogP contribution in [0.15, 0.2) is 11.6 Å². The van der Waals surface area contributed by atoms with E-state index in [2.05, 4.69) is 6.92 Å². The Kier molecular flexibility index (Phi) is 5.89. The molecule has 8 heteroatoms.